The van der Waals surface area contributed by atoms with Crippen molar-refractivity contribution in [2.75, 3.05) is 36.5 Å². The summed E-state index contributed by atoms with van der Waals surface area (Å²) in [7, 11) is 0. The molecule has 1 aromatic heterocycles. The molecule has 1 aromatic carbocycles. The highest BCUT2D eigenvalue weighted by molar-refractivity contribution is 7.09. The molecule has 100 valence electrons. The van der Waals surface area contributed by atoms with Crippen LogP contribution < -0.4 is 10.2 Å². The van der Waals surface area contributed by atoms with E-state index in [1.165, 1.54) is 16.3 Å². The van der Waals surface area contributed by atoms with E-state index < -0.39 is 0 Å². The number of para-hydroxylation sites is 2. The molecule has 2 heterocycles. The first kappa shape index (κ1) is 12.5. The van der Waals surface area contributed by atoms with Crippen LogP contribution in [0.4, 0.5) is 11.4 Å². The lowest BCUT2D eigenvalue weighted by Gasteiger charge is -2.30. The number of hydrogen-bond acceptors (Lipinski definition) is 4. The van der Waals surface area contributed by atoms with Crippen LogP contribution in [0.2, 0.25) is 0 Å². The minimum atomic E-state index is 0.819. The number of anilines is 2. The van der Waals surface area contributed by atoms with Crippen LogP contribution in [-0.2, 0) is 11.3 Å². The minimum absolute atomic E-state index is 0.819. The Kier molecular flexibility index (Phi) is 4.01. The third-order valence-electron chi connectivity index (χ3n) is 3.29. The van der Waals surface area contributed by atoms with E-state index in [9.17, 15) is 0 Å². The van der Waals surface area contributed by atoms with E-state index in [1.807, 2.05) is 0 Å². The Morgan fingerprint density at radius 1 is 1.11 bits per heavy atom. The molecule has 0 spiro atoms. The highest BCUT2D eigenvalue weighted by Gasteiger charge is 2.14. The van der Waals surface area contributed by atoms with Crippen molar-refractivity contribution in [1.82, 2.24) is 0 Å². The van der Waals surface area contributed by atoms with Gasteiger partial charge in [0.15, 0.2) is 0 Å². The number of thiophene rings is 1. The third-order valence-corrected chi connectivity index (χ3v) is 4.17. The van der Waals surface area contributed by atoms with Gasteiger partial charge in [-0.25, -0.2) is 0 Å². The van der Waals surface area contributed by atoms with E-state index >= 15 is 0 Å². The largest absolute Gasteiger partial charge is 0.378 e. The van der Waals surface area contributed by atoms with Crippen LogP contribution >= 0.6 is 11.3 Å². The zero-order valence-electron chi connectivity index (χ0n) is 10.8. The maximum atomic E-state index is 5.42. The van der Waals surface area contributed by atoms with Crippen LogP contribution in [0.3, 0.4) is 0 Å². The smallest absolute Gasteiger partial charge is 0.0642 e. The zero-order valence-corrected chi connectivity index (χ0v) is 11.7. The summed E-state index contributed by atoms with van der Waals surface area (Å²) in [5.74, 6) is 0. The average molecular weight is 274 g/mol. The van der Waals surface area contributed by atoms with Crippen molar-refractivity contribution < 1.29 is 4.74 Å². The Morgan fingerprint density at radius 3 is 2.74 bits per heavy atom. The molecule has 1 fully saturated rings. The lowest BCUT2D eigenvalue weighted by Crippen LogP contribution is -2.36. The zero-order chi connectivity index (χ0) is 12.9. The molecule has 4 heteroatoms. The number of ether oxygens (including phenoxy) is 1. The van der Waals surface area contributed by atoms with E-state index in [-0.39, 0.29) is 0 Å². The predicted octanol–water partition coefficient (Wildman–Crippen LogP) is 3.20. The van der Waals surface area contributed by atoms with Crippen LogP contribution in [0.1, 0.15) is 4.88 Å². The van der Waals surface area contributed by atoms with Crippen molar-refractivity contribution in [1.29, 1.82) is 0 Å². The van der Waals surface area contributed by atoms with Gasteiger partial charge in [0.1, 0.15) is 0 Å². The van der Waals surface area contributed by atoms with Gasteiger partial charge in [0.25, 0.3) is 0 Å². The van der Waals surface area contributed by atoms with Crippen LogP contribution in [-0.4, -0.2) is 26.3 Å². The first-order valence-electron chi connectivity index (χ1n) is 6.61. The molecule has 0 aliphatic carbocycles. The summed E-state index contributed by atoms with van der Waals surface area (Å²) in [6.45, 7) is 4.47. The van der Waals surface area contributed by atoms with Gasteiger partial charge in [-0.1, -0.05) is 18.2 Å². The first-order valence-corrected chi connectivity index (χ1v) is 7.49. The van der Waals surface area contributed by atoms with Crippen LogP contribution in [0.25, 0.3) is 0 Å². The molecule has 0 unspecified atom stereocenters. The van der Waals surface area contributed by atoms with E-state index in [4.69, 9.17) is 4.74 Å². The number of hydrogen-bond donors (Lipinski definition) is 1. The number of benzene rings is 1. The van der Waals surface area contributed by atoms with Gasteiger partial charge >= 0.3 is 0 Å². The summed E-state index contributed by atoms with van der Waals surface area (Å²) < 4.78 is 5.42. The molecule has 1 aliphatic heterocycles. The van der Waals surface area contributed by atoms with Crippen molar-refractivity contribution >= 4 is 22.7 Å². The molecular weight excluding hydrogens is 256 g/mol. The minimum Gasteiger partial charge on any atom is -0.378 e. The van der Waals surface area contributed by atoms with Gasteiger partial charge in [-0.2, -0.15) is 0 Å². The van der Waals surface area contributed by atoms with Crippen LogP contribution in [0.5, 0.6) is 0 Å². The maximum absolute atomic E-state index is 5.42. The van der Waals surface area contributed by atoms with Gasteiger partial charge in [0.05, 0.1) is 24.6 Å². The standard InChI is InChI=1S/C15H18N2OS/c1-2-6-15(17-7-9-18-10-8-17)14(5-1)16-12-13-4-3-11-19-13/h1-6,11,16H,7-10,12H2. The molecule has 1 saturated heterocycles. The van der Waals surface area contributed by atoms with Gasteiger partial charge in [-0.05, 0) is 23.6 Å². The molecule has 0 saturated carbocycles. The quantitative estimate of drug-likeness (QED) is 0.926. The van der Waals surface area contributed by atoms with Gasteiger partial charge in [-0.3, -0.25) is 0 Å². The van der Waals surface area contributed by atoms with Crippen molar-refractivity contribution in [2.24, 2.45) is 0 Å². The summed E-state index contributed by atoms with van der Waals surface area (Å²) in [6.07, 6.45) is 0. The predicted molar refractivity (Wildman–Crippen MR) is 81.1 cm³/mol. The number of nitrogens with zero attached hydrogens (tertiary/aromatic N) is 1. The number of rotatable bonds is 4. The monoisotopic (exact) mass is 274 g/mol. The summed E-state index contributed by atoms with van der Waals surface area (Å²) in [5.41, 5.74) is 2.49. The molecule has 19 heavy (non-hydrogen) atoms. The van der Waals surface area contributed by atoms with Gasteiger partial charge in [0.2, 0.25) is 0 Å². The second-order valence-electron chi connectivity index (χ2n) is 4.55. The van der Waals surface area contributed by atoms with Crippen molar-refractivity contribution in [3.8, 4) is 0 Å². The summed E-state index contributed by atoms with van der Waals surface area (Å²) in [4.78, 5) is 3.75. The molecule has 0 atom stereocenters. The molecule has 0 amide bonds. The number of nitrogens with one attached hydrogen (secondary N) is 1. The van der Waals surface area contributed by atoms with E-state index in [1.54, 1.807) is 11.3 Å². The maximum Gasteiger partial charge on any atom is 0.0642 e. The Morgan fingerprint density at radius 2 is 1.95 bits per heavy atom. The average Bonchev–Trinajstić information content (AvgIpc) is 3.00. The molecule has 0 bridgehead atoms. The first-order chi connectivity index (χ1) is 9.43. The van der Waals surface area contributed by atoms with Crippen molar-refractivity contribution in [3.63, 3.8) is 0 Å². The summed E-state index contributed by atoms with van der Waals surface area (Å²) in [5, 5.41) is 5.66. The normalized spacial score (nSPS) is 15.5. The Bertz CT molecular complexity index is 507. The van der Waals surface area contributed by atoms with Gasteiger partial charge in [-0.15, -0.1) is 11.3 Å². The van der Waals surface area contributed by atoms with E-state index in [2.05, 4.69) is 52.0 Å². The molecule has 3 rings (SSSR count). The summed E-state index contributed by atoms with van der Waals surface area (Å²) in [6, 6.07) is 12.8. The Balaban J connectivity index is 1.73. The molecule has 3 nitrogen and oxygen atoms in total. The van der Waals surface area contributed by atoms with E-state index in [0.717, 1.165) is 32.8 Å². The number of morpholine rings is 1. The molecule has 1 aliphatic rings. The summed E-state index contributed by atoms with van der Waals surface area (Å²) >= 11 is 1.79. The molecule has 1 N–H and O–H groups in total. The molecule has 0 radical (unpaired) electrons. The Labute approximate surface area is 117 Å². The topological polar surface area (TPSA) is 24.5 Å². The van der Waals surface area contributed by atoms with Gasteiger partial charge in [0, 0.05) is 24.5 Å². The van der Waals surface area contributed by atoms with Crippen LogP contribution in [0, 0.1) is 0 Å². The fourth-order valence-electron chi connectivity index (χ4n) is 2.30. The fourth-order valence-corrected chi connectivity index (χ4v) is 2.94. The third kappa shape index (κ3) is 3.08. The lowest BCUT2D eigenvalue weighted by atomic mass is 10.2. The molecular formula is C15H18N2OS. The second-order valence-corrected chi connectivity index (χ2v) is 5.58. The van der Waals surface area contributed by atoms with Gasteiger partial charge < -0.3 is 15.0 Å². The van der Waals surface area contributed by atoms with Crippen molar-refractivity contribution in [3.05, 3.63) is 46.7 Å². The molecule has 2 aromatic rings. The lowest BCUT2D eigenvalue weighted by molar-refractivity contribution is 0.123. The van der Waals surface area contributed by atoms with Crippen molar-refractivity contribution in [2.45, 2.75) is 6.54 Å². The van der Waals surface area contributed by atoms with E-state index in [0.29, 0.717) is 0 Å². The Hall–Kier alpha value is -1.52. The van der Waals surface area contributed by atoms with Crippen LogP contribution in [0.15, 0.2) is 41.8 Å². The SMILES string of the molecule is c1csc(CNc2ccccc2N2CCOCC2)c1. The fraction of sp³-hybridized carbons (Fsp3) is 0.333. The highest BCUT2D eigenvalue weighted by atomic mass is 32.1. The highest BCUT2D eigenvalue weighted by Crippen LogP contribution is 2.27. The second kappa shape index (κ2) is 6.08.